The summed E-state index contributed by atoms with van der Waals surface area (Å²) in [5.41, 5.74) is 3.85. The van der Waals surface area contributed by atoms with Crippen molar-refractivity contribution in [1.29, 1.82) is 0 Å². The van der Waals surface area contributed by atoms with Crippen LogP contribution < -0.4 is 5.32 Å². The van der Waals surface area contributed by atoms with Crippen LogP contribution in [0.5, 0.6) is 0 Å². The predicted octanol–water partition coefficient (Wildman–Crippen LogP) is 5.20. The quantitative estimate of drug-likeness (QED) is 0.447. The average molecular weight is 433 g/mol. The first-order valence-corrected chi connectivity index (χ1v) is 10.5. The number of aromatic nitrogens is 3. The van der Waals surface area contributed by atoms with Crippen molar-refractivity contribution in [3.63, 3.8) is 0 Å². The van der Waals surface area contributed by atoms with Crippen LogP contribution in [-0.4, -0.2) is 34.2 Å². The van der Waals surface area contributed by atoms with Crippen molar-refractivity contribution in [1.82, 2.24) is 20.3 Å². The predicted molar refractivity (Wildman–Crippen MR) is 118 cm³/mol. The molecule has 154 valence electrons. The molecule has 0 aliphatic heterocycles. The molecule has 0 saturated heterocycles. The van der Waals surface area contributed by atoms with Gasteiger partial charge in [-0.3, -0.25) is 0 Å². The molecule has 0 aliphatic rings. The lowest BCUT2D eigenvalue weighted by Gasteiger charge is -2.07. The number of rotatable bonds is 10. The summed E-state index contributed by atoms with van der Waals surface area (Å²) in [6, 6.07) is 15.7. The number of hydrogen-bond acceptors (Lipinski definition) is 4. The molecule has 0 fully saturated rings. The maximum absolute atomic E-state index is 6.14. The molecule has 3 aromatic rings. The van der Waals surface area contributed by atoms with Gasteiger partial charge in [0.2, 0.25) is 0 Å². The van der Waals surface area contributed by atoms with Crippen LogP contribution in [0, 0.1) is 0 Å². The molecule has 7 heteroatoms. The fourth-order valence-corrected chi connectivity index (χ4v) is 3.24. The molecule has 2 aromatic carbocycles. The zero-order valence-corrected chi connectivity index (χ0v) is 18.2. The Bertz CT molecular complexity index is 912. The highest BCUT2D eigenvalue weighted by Crippen LogP contribution is 2.24. The second-order valence-electron chi connectivity index (χ2n) is 7.09. The van der Waals surface area contributed by atoms with Gasteiger partial charge in [0, 0.05) is 18.7 Å². The molecule has 0 unspecified atom stereocenters. The van der Waals surface area contributed by atoms with E-state index < -0.39 is 0 Å². The Hall–Kier alpha value is -1.92. The van der Waals surface area contributed by atoms with Crippen molar-refractivity contribution in [2.24, 2.45) is 0 Å². The Labute approximate surface area is 182 Å². The zero-order chi connectivity index (χ0) is 20.6. The number of benzene rings is 2. The molecule has 0 atom stereocenters. The molecule has 0 radical (unpaired) electrons. The second kappa shape index (κ2) is 10.7. The molecular weight excluding hydrogens is 407 g/mol. The first-order chi connectivity index (χ1) is 14.0. The summed E-state index contributed by atoms with van der Waals surface area (Å²) in [4.78, 5) is 1.71. The Morgan fingerprint density at radius 2 is 1.83 bits per heavy atom. The summed E-state index contributed by atoms with van der Waals surface area (Å²) >= 11 is 12.2. The van der Waals surface area contributed by atoms with Crippen LogP contribution in [0.2, 0.25) is 10.0 Å². The van der Waals surface area contributed by atoms with Crippen molar-refractivity contribution < 1.29 is 4.74 Å². The van der Waals surface area contributed by atoms with Crippen molar-refractivity contribution in [3.05, 3.63) is 69.8 Å². The monoisotopic (exact) mass is 432 g/mol. The highest BCUT2D eigenvalue weighted by molar-refractivity contribution is 6.42. The number of ether oxygens (including phenoxy) is 1. The maximum Gasteiger partial charge on any atom is 0.117 e. The van der Waals surface area contributed by atoms with Crippen molar-refractivity contribution in [2.75, 3.05) is 13.2 Å². The van der Waals surface area contributed by atoms with E-state index in [1.807, 2.05) is 56.3 Å². The van der Waals surface area contributed by atoms with E-state index in [1.165, 1.54) is 0 Å². The van der Waals surface area contributed by atoms with E-state index in [1.54, 1.807) is 10.9 Å². The molecule has 3 rings (SSSR count). The van der Waals surface area contributed by atoms with Crippen LogP contribution in [0.1, 0.15) is 31.5 Å². The minimum absolute atomic E-state index is 0.265. The van der Waals surface area contributed by atoms with Crippen LogP contribution in [0.15, 0.2) is 48.5 Å². The van der Waals surface area contributed by atoms with Crippen LogP contribution in [0.25, 0.3) is 11.3 Å². The molecule has 0 spiro atoms. The molecule has 1 aromatic heterocycles. The maximum atomic E-state index is 6.14. The fourth-order valence-electron chi connectivity index (χ4n) is 2.92. The minimum Gasteiger partial charge on any atom is -0.379 e. The van der Waals surface area contributed by atoms with E-state index >= 15 is 0 Å². The van der Waals surface area contributed by atoms with Crippen LogP contribution in [-0.2, 0) is 17.8 Å². The smallest absolute Gasteiger partial charge is 0.117 e. The Morgan fingerprint density at radius 3 is 2.55 bits per heavy atom. The topological polar surface area (TPSA) is 52.0 Å². The van der Waals surface area contributed by atoms with E-state index in [9.17, 15) is 0 Å². The standard InChI is InChI=1S/C22H26Cl2N4O/c1-16(2)29-12-6-11-25-14-21-22(18-7-4-3-5-8-18)27-28(26-21)15-17-9-10-19(23)20(24)13-17/h3-5,7-10,13,16,25H,6,11-12,14-15H2,1-2H3. The van der Waals surface area contributed by atoms with Gasteiger partial charge in [0.05, 0.1) is 22.7 Å². The Kier molecular flexibility index (Phi) is 8.07. The van der Waals surface area contributed by atoms with Gasteiger partial charge < -0.3 is 10.1 Å². The summed E-state index contributed by atoms with van der Waals surface area (Å²) in [5, 5.41) is 14.0. The van der Waals surface area contributed by atoms with Gasteiger partial charge in [-0.1, -0.05) is 59.6 Å². The number of nitrogens with zero attached hydrogens (tertiary/aromatic N) is 3. The SMILES string of the molecule is CC(C)OCCCNCc1nn(Cc2ccc(Cl)c(Cl)c2)nc1-c1ccccc1. The first kappa shape index (κ1) is 21.8. The van der Waals surface area contributed by atoms with E-state index in [-0.39, 0.29) is 6.10 Å². The van der Waals surface area contributed by atoms with Gasteiger partial charge in [0.15, 0.2) is 0 Å². The summed E-state index contributed by atoms with van der Waals surface area (Å²) in [7, 11) is 0. The van der Waals surface area contributed by atoms with Gasteiger partial charge in [-0.15, -0.1) is 0 Å². The highest BCUT2D eigenvalue weighted by atomic mass is 35.5. The van der Waals surface area contributed by atoms with Crippen molar-refractivity contribution in [3.8, 4) is 11.3 Å². The van der Waals surface area contributed by atoms with Crippen LogP contribution >= 0.6 is 23.2 Å². The van der Waals surface area contributed by atoms with Gasteiger partial charge >= 0.3 is 0 Å². The Morgan fingerprint density at radius 1 is 1.03 bits per heavy atom. The average Bonchev–Trinajstić information content (AvgIpc) is 3.10. The van der Waals surface area contributed by atoms with Gasteiger partial charge in [-0.05, 0) is 44.5 Å². The lowest BCUT2D eigenvalue weighted by atomic mass is 10.1. The molecule has 29 heavy (non-hydrogen) atoms. The molecule has 1 N–H and O–H groups in total. The van der Waals surface area contributed by atoms with E-state index in [2.05, 4.69) is 5.32 Å². The lowest BCUT2D eigenvalue weighted by Crippen LogP contribution is -2.18. The van der Waals surface area contributed by atoms with E-state index in [4.69, 9.17) is 38.1 Å². The molecular formula is C22H26Cl2N4O. The van der Waals surface area contributed by atoms with E-state index in [0.29, 0.717) is 23.1 Å². The summed E-state index contributed by atoms with van der Waals surface area (Å²) in [5.74, 6) is 0. The summed E-state index contributed by atoms with van der Waals surface area (Å²) in [6.07, 6.45) is 1.22. The van der Waals surface area contributed by atoms with Crippen molar-refractivity contribution >= 4 is 23.2 Å². The summed E-state index contributed by atoms with van der Waals surface area (Å²) in [6.45, 7) is 6.88. The molecule has 1 heterocycles. The molecule has 0 bridgehead atoms. The normalized spacial score (nSPS) is 11.3. The first-order valence-electron chi connectivity index (χ1n) is 9.78. The minimum atomic E-state index is 0.265. The zero-order valence-electron chi connectivity index (χ0n) is 16.7. The third kappa shape index (κ3) is 6.54. The van der Waals surface area contributed by atoms with Gasteiger partial charge in [-0.2, -0.15) is 15.0 Å². The molecule has 0 saturated carbocycles. The molecule has 0 aliphatic carbocycles. The van der Waals surface area contributed by atoms with Crippen LogP contribution in [0.3, 0.4) is 0 Å². The Balaban J connectivity index is 1.71. The van der Waals surface area contributed by atoms with Crippen LogP contribution in [0.4, 0.5) is 0 Å². The lowest BCUT2D eigenvalue weighted by molar-refractivity contribution is 0.0770. The number of halogens is 2. The van der Waals surface area contributed by atoms with Gasteiger partial charge in [0.1, 0.15) is 11.4 Å². The highest BCUT2D eigenvalue weighted by Gasteiger charge is 2.13. The van der Waals surface area contributed by atoms with Crippen molar-refractivity contribution in [2.45, 2.75) is 39.5 Å². The largest absolute Gasteiger partial charge is 0.379 e. The third-order valence-corrected chi connectivity index (χ3v) is 5.06. The number of nitrogens with one attached hydrogen (secondary N) is 1. The molecule has 5 nitrogen and oxygen atoms in total. The van der Waals surface area contributed by atoms with Gasteiger partial charge in [-0.25, -0.2) is 0 Å². The second-order valence-corrected chi connectivity index (χ2v) is 7.90. The molecule has 0 amide bonds. The van der Waals surface area contributed by atoms with Gasteiger partial charge in [0.25, 0.3) is 0 Å². The number of hydrogen-bond donors (Lipinski definition) is 1. The third-order valence-electron chi connectivity index (χ3n) is 4.32. The van der Waals surface area contributed by atoms with E-state index in [0.717, 1.165) is 42.1 Å². The fraction of sp³-hybridized carbons (Fsp3) is 0.364. The summed E-state index contributed by atoms with van der Waals surface area (Å²) < 4.78 is 5.58.